The first-order chi connectivity index (χ1) is 16.7. The predicted octanol–water partition coefficient (Wildman–Crippen LogP) is 7.61. The fourth-order valence-corrected chi connectivity index (χ4v) is 6.93. The number of aryl methyl sites for hydroxylation is 1. The number of nitrogens with zero attached hydrogens (tertiary/aromatic N) is 1. The highest BCUT2D eigenvalue weighted by Gasteiger charge is 2.32. The van der Waals surface area contributed by atoms with Gasteiger partial charge in [-0.05, 0) is 80.9 Å². The molecular formula is C29H40N2O2S. The number of benzene rings is 1. The van der Waals surface area contributed by atoms with Crippen molar-refractivity contribution in [1.82, 2.24) is 9.29 Å². The van der Waals surface area contributed by atoms with Crippen LogP contribution in [0.1, 0.15) is 86.4 Å². The van der Waals surface area contributed by atoms with Crippen molar-refractivity contribution in [3.05, 3.63) is 58.9 Å². The van der Waals surface area contributed by atoms with E-state index in [1.54, 1.807) is 7.11 Å². The van der Waals surface area contributed by atoms with Crippen LogP contribution < -0.4 is 9.47 Å². The first kappa shape index (κ1) is 25.0. The van der Waals surface area contributed by atoms with Crippen molar-refractivity contribution < 1.29 is 9.47 Å². The Hall–Kier alpha value is -2.11. The van der Waals surface area contributed by atoms with E-state index >= 15 is 0 Å². The summed E-state index contributed by atoms with van der Waals surface area (Å²) in [4.78, 5) is 3.44. The van der Waals surface area contributed by atoms with Gasteiger partial charge in [-0.2, -0.15) is 0 Å². The zero-order chi connectivity index (χ0) is 23.9. The fourth-order valence-electron chi connectivity index (χ4n) is 5.44. The van der Waals surface area contributed by atoms with Gasteiger partial charge in [0.2, 0.25) is 0 Å². The quantitative estimate of drug-likeness (QED) is 0.355. The maximum Gasteiger partial charge on any atom is 0.161 e. The summed E-state index contributed by atoms with van der Waals surface area (Å²) in [7, 11) is 1.74. The molecule has 184 valence electrons. The topological polar surface area (TPSA) is 37.5 Å². The first-order valence-corrected chi connectivity index (χ1v) is 13.7. The summed E-state index contributed by atoms with van der Waals surface area (Å²) in [5.74, 6) is 1.71. The van der Waals surface area contributed by atoms with E-state index in [-0.39, 0.29) is 0 Å². The van der Waals surface area contributed by atoms with Gasteiger partial charge in [0.1, 0.15) is 0 Å². The van der Waals surface area contributed by atoms with Crippen LogP contribution >= 0.6 is 11.9 Å². The van der Waals surface area contributed by atoms with Crippen LogP contribution in [0.5, 0.6) is 11.5 Å². The number of nitrogens with one attached hydrogen (secondary N) is 1. The normalized spacial score (nSPS) is 19.3. The van der Waals surface area contributed by atoms with Crippen LogP contribution in [0.4, 0.5) is 0 Å². The van der Waals surface area contributed by atoms with Gasteiger partial charge in [-0.15, -0.1) is 0 Å². The maximum atomic E-state index is 5.98. The highest BCUT2D eigenvalue weighted by atomic mass is 32.2. The lowest BCUT2D eigenvalue weighted by molar-refractivity contribution is 0.297. The Labute approximate surface area is 209 Å². The lowest BCUT2D eigenvalue weighted by Crippen LogP contribution is -2.33. The van der Waals surface area contributed by atoms with Crippen molar-refractivity contribution in [3.63, 3.8) is 0 Å². The molecule has 2 heterocycles. The number of rotatable bonds is 10. The van der Waals surface area contributed by atoms with E-state index in [1.807, 2.05) is 13.0 Å². The van der Waals surface area contributed by atoms with E-state index in [2.05, 4.69) is 65.2 Å². The number of hydrogen-bond acceptors (Lipinski definition) is 4. The van der Waals surface area contributed by atoms with Crippen LogP contribution in [-0.4, -0.2) is 34.8 Å². The number of fused-ring (bicyclic) bond motifs is 1. The molecule has 1 unspecified atom stereocenters. The molecule has 0 radical (unpaired) electrons. The zero-order valence-electron chi connectivity index (χ0n) is 21.1. The largest absolute Gasteiger partial charge is 0.493 e. The standard InChI is InChI=1S/C29H40N2O2S/c1-5-11-26-24(6-2)22(20-30-26)14-15-27-25-19-29(33-7-3)28(32-4)18-21(25)16-17-31(27)34-23-12-9-8-10-13-23/h5-6,11,18-20,23,27,30H,2,7-10,12-17H2,1,3-4H3/b11-5-. The molecule has 1 aliphatic carbocycles. The number of allylic oxidation sites excluding steroid dienone is 1. The van der Waals surface area contributed by atoms with E-state index in [9.17, 15) is 0 Å². The second-order valence-electron chi connectivity index (χ2n) is 9.29. The molecule has 0 amide bonds. The summed E-state index contributed by atoms with van der Waals surface area (Å²) in [6, 6.07) is 4.83. The Morgan fingerprint density at radius 3 is 2.74 bits per heavy atom. The number of aromatic amines is 1. The van der Waals surface area contributed by atoms with Crippen molar-refractivity contribution >= 4 is 24.1 Å². The summed E-state index contributed by atoms with van der Waals surface area (Å²) in [5.41, 5.74) is 6.52. The third-order valence-corrected chi connectivity index (χ3v) is 8.61. The van der Waals surface area contributed by atoms with E-state index in [0.717, 1.165) is 48.3 Å². The van der Waals surface area contributed by atoms with Gasteiger partial charge < -0.3 is 14.5 Å². The molecule has 1 aromatic heterocycles. The smallest absolute Gasteiger partial charge is 0.161 e. The lowest BCUT2D eigenvalue weighted by Gasteiger charge is -2.39. The monoisotopic (exact) mass is 480 g/mol. The highest BCUT2D eigenvalue weighted by molar-refractivity contribution is 7.97. The minimum atomic E-state index is 0.360. The average Bonchev–Trinajstić information content (AvgIpc) is 3.25. The van der Waals surface area contributed by atoms with Crippen LogP contribution in [0.2, 0.25) is 0 Å². The summed E-state index contributed by atoms with van der Waals surface area (Å²) in [6.45, 7) is 9.89. The Balaban J connectivity index is 1.63. The number of H-pyrrole nitrogens is 1. The molecule has 0 spiro atoms. The third kappa shape index (κ3) is 5.58. The van der Waals surface area contributed by atoms with Crippen molar-refractivity contribution in [2.45, 2.75) is 76.5 Å². The molecule has 0 saturated heterocycles. The van der Waals surface area contributed by atoms with Gasteiger partial charge in [0.05, 0.1) is 13.7 Å². The molecule has 1 aromatic carbocycles. The van der Waals surface area contributed by atoms with Crippen LogP contribution in [0, 0.1) is 0 Å². The molecule has 34 heavy (non-hydrogen) atoms. The second kappa shape index (κ2) is 12.0. The number of hydrogen-bond donors (Lipinski definition) is 1. The molecule has 4 rings (SSSR count). The van der Waals surface area contributed by atoms with Gasteiger partial charge >= 0.3 is 0 Å². The SMILES string of the molecule is C=Cc1c(CCC2c3cc(OCC)c(OC)cc3CCN2SC2CCCCC2)c[nH]c1/C=C\C. The molecule has 1 saturated carbocycles. The Morgan fingerprint density at radius 1 is 1.21 bits per heavy atom. The molecule has 1 N–H and O–H groups in total. The van der Waals surface area contributed by atoms with Crippen molar-refractivity contribution in [1.29, 1.82) is 0 Å². The third-order valence-electron chi connectivity index (χ3n) is 7.13. The number of methoxy groups -OCH3 is 1. The molecule has 2 aliphatic rings. The van der Waals surface area contributed by atoms with Crippen molar-refractivity contribution in [2.24, 2.45) is 0 Å². The van der Waals surface area contributed by atoms with Crippen LogP contribution in [0.15, 0.2) is 31.0 Å². The number of ether oxygens (including phenoxy) is 2. The maximum absolute atomic E-state index is 5.98. The van der Waals surface area contributed by atoms with Gasteiger partial charge in [0, 0.05) is 35.3 Å². The molecule has 1 aliphatic heterocycles. The van der Waals surface area contributed by atoms with Gasteiger partial charge in [-0.3, -0.25) is 0 Å². The molecule has 4 nitrogen and oxygen atoms in total. The van der Waals surface area contributed by atoms with E-state index in [0.29, 0.717) is 12.6 Å². The van der Waals surface area contributed by atoms with E-state index in [4.69, 9.17) is 9.47 Å². The van der Waals surface area contributed by atoms with Crippen LogP contribution in [-0.2, 0) is 12.8 Å². The minimum absolute atomic E-state index is 0.360. The van der Waals surface area contributed by atoms with Gasteiger partial charge in [-0.25, -0.2) is 4.31 Å². The zero-order valence-corrected chi connectivity index (χ0v) is 21.9. The Morgan fingerprint density at radius 2 is 2.03 bits per heavy atom. The summed E-state index contributed by atoms with van der Waals surface area (Å²) in [5, 5.41) is 0.750. The summed E-state index contributed by atoms with van der Waals surface area (Å²) >= 11 is 2.12. The number of aromatic nitrogens is 1. The summed E-state index contributed by atoms with van der Waals surface area (Å²) < 4.78 is 14.3. The minimum Gasteiger partial charge on any atom is -0.493 e. The van der Waals surface area contributed by atoms with Gasteiger partial charge in [0.25, 0.3) is 0 Å². The fraction of sp³-hybridized carbons (Fsp3) is 0.517. The first-order valence-electron chi connectivity index (χ1n) is 12.9. The highest BCUT2D eigenvalue weighted by Crippen LogP contribution is 2.45. The van der Waals surface area contributed by atoms with Gasteiger partial charge in [-0.1, -0.05) is 49.9 Å². The Kier molecular flexibility index (Phi) is 8.85. The average molecular weight is 481 g/mol. The predicted molar refractivity (Wildman–Crippen MR) is 146 cm³/mol. The molecule has 2 aromatic rings. The van der Waals surface area contributed by atoms with E-state index in [1.165, 1.54) is 54.4 Å². The molecule has 1 fully saturated rings. The van der Waals surface area contributed by atoms with Crippen molar-refractivity contribution in [2.75, 3.05) is 20.3 Å². The van der Waals surface area contributed by atoms with Crippen molar-refractivity contribution in [3.8, 4) is 11.5 Å². The van der Waals surface area contributed by atoms with Crippen LogP contribution in [0.3, 0.4) is 0 Å². The Bertz CT molecular complexity index is 990. The van der Waals surface area contributed by atoms with Crippen LogP contribution in [0.25, 0.3) is 12.2 Å². The second-order valence-corrected chi connectivity index (χ2v) is 10.6. The van der Waals surface area contributed by atoms with E-state index < -0.39 is 0 Å². The molecule has 5 heteroatoms. The molecule has 1 atom stereocenters. The lowest BCUT2D eigenvalue weighted by atomic mass is 9.89. The molecular weight excluding hydrogens is 440 g/mol. The molecule has 0 bridgehead atoms. The summed E-state index contributed by atoms with van der Waals surface area (Å²) in [6.07, 6.45) is 18.3. The van der Waals surface area contributed by atoms with Gasteiger partial charge in [0.15, 0.2) is 11.5 Å².